The van der Waals surface area contributed by atoms with Crippen LogP contribution in [0.1, 0.15) is 43.6 Å². The molecule has 0 bridgehead atoms. The average molecular weight is 344 g/mol. The Labute approximate surface area is 140 Å². The second-order valence-corrected chi connectivity index (χ2v) is 7.55. The van der Waals surface area contributed by atoms with E-state index in [1.165, 1.54) is 10.4 Å². The van der Waals surface area contributed by atoms with E-state index < -0.39 is 18.8 Å². The van der Waals surface area contributed by atoms with Gasteiger partial charge in [-0.15, -0.1) is 11.3 Å². The monoisotopic (exact) mass is 344 g/mol. The Morgan fingerprint density at radius 1 is 1.39 bits per heavy atom. The molecular formula is C17H25FO4S. The number of ether oxygens (including phenoxy) is 4. The second kappa shape index (κ2) is 7.15. The van der Waals surface area contributed by atoms with Crippen LogP contribution in [0.3, 0.4) is 0 Å². The quantitative estimate of drug-likeness (QED) is 0.750. The van der Waals surface area contributed by atoms with E-state index in [-0.39, 0.29) is 18.3 Å². The highest BCUT2D eigenvalue weighted by Gasteiger charge is 2.56. The molecule has 2 aliphatic heterocycles. The van der Waals surface area contributed by atoms with E-state index in [2.05, 4.69) is 25.3 Å². The fraction of sp³-hybridized carbons (Fsp3) is 0.765. The summed E-state index contributed by atoms with van der Waals surface area (Å²) < 4.78 is 36.7. The van der Waals surface area contributed by atoms with Gasteiger partial charge < -0.3 is 18.9 Å². The largest absolute Gasteiger partial charge is 0.368 e. The molecule has 1 unspecified atom stereocenters. The van der Waals surface area contributed by atoms with Gasteiger partial charge in [0.1, 0.15) is 18.9 Å². The van der Waals surface area contributed by atoms with Crippen LogP contribution < -0.4 is 0 Å². The molecule has 0 saturated carbocycles. The molecule has 0 amide bonds. The van der Waals surface area contributed by atoms with Crippen molar-refractivity contribution in [3.05, 3.63) is 21.9 Å². The van der Waals surface area contributed by atoms with E-state index >= 15 is 0 Å². The summed E-state index contributed by atoms with van der Waals surface area (Å²) >= 11 is 1.71. The van der Waals surface area contributed by atoms with Crippen molar-refractivity contribution in [2.75, 3.05) is 6.67 Å². The third kappa shape index (κ3) is 3.61. The van der Waals surface area contributed by atoms with Gasteiger partial charge in [-0.3, -0.25) is 0 Å². The predicted octanol–water partition coefficient (Wildman–Crippen LogP) is 3.96. The molecule has 0 aromatic carbocycles. The van der Waals surface area contributed by atoms with Crippen molar-refractivity contribution in [2.24, 2.45) is 0 Å². The van der Waals surface area contributed by atoms with Crippen molar-refractivity contribution >= 4 is 11.3 Å². The second-order valence-electron chi connectivity index (χ2n) is 6.43. The van der Waals surface area contributed by atoms with Crippen LogP contribution in [0.4, 0.5) is 4.39 Å². The lowest BCUT2D eigenvalue weighted by molar-refractivity contribution is -0.234. The standard InChI is InChI=1S/C17H25FO4S/c1-4-5-6-13-14(19-9-12-7-8-23-11(12)2)15-16(20-13)22-17(3,10-18)21-15/h7-8,13-16H,4-6,9-10H2,1-3H3/t13-,14+,15-,16-,17?/m1/s1. The van der Waals surface area contributed by atoms with E-state index in [0.717, 1.165) is 19.3 Å². The molecule has 2 aliphatic rings. The number of hydrogen-bond acceptors (Lipinski definition) is 5. The van der Waals surface area contributed by atoms with E-state index in [1.54, 1.807) is 18.3 Å². The Hall–Kier alpha value is -0.530. The summed E-state index contributed by atoms with van der Waals surface area (Å²) in [6.45, 7) is 5.66. The predicted molar refractivity (Wildman–Crippen MR) is 86.2 cm³/mol. The summed E-state index contributed by atoms with van der Waals surface area (Å²) in [4.78, 5) is 1.25. The van der Waals surface area contributed by atoms with Gasteiger partial charge in [0.15, 0.2) is 12.1 Å². The fourth-order valence-corrected chi connectivity index (χ4v) is 3.84. The van der Waals surface area contributed by atoms with Crippen LogP contribution in [-0.2, 0) is 25.6 Å². The van der Waals surface area contributed by atoms with Gasteiger partial charge in [0.25, 0.3) is 0 Å². The zero-order chi connectivity index (χ0) is 16.4. The lowest BCUT2D eigenvalue weighted by Crippen LogP contribution is -2.38. The van der Waals surface area contributed by atoms with Gasteiger partial charge in [0.05, 0.1) is 12.7 Å². The normalized spacial score (nSPS) is 36.5. The number of aryl methyl sites for hydroxylation is 1. The first-order chi connectivity index (χ1) is 11.1. The third-order valence-electron chi connectivity index (χ3n) is 4.50. The zero-order valence-corrected chi connectivity index (χ0v) is 14.7. The number of unbranched alkanes of at least 4 members (excludes halogenated alkanes) is 1. The molecule has 3 rings (SSSR count). The van der Waals surface area contributed by atoms with Gasteiger partial charge >= 0.3 is 0 Å². The minimum atomic E-state index is -1.22. The van der Waals surface area contributed by atoms with Crippen LogP contribution in [0, 0.1) is 6.92 Å². The molecular weight excluding hydrogens is 319 g/mol. The molecule has 23 heavy (non-hydrogen) atoms. The molecule has 130 valence electrons. The molecule has 4 nitrogen and oxygen atoms in total. The van der Waals surface area contributed by atoms with E-state index in [0.29, 0.717) is 6.61 Å². The Balaban J connectivity index is 1.68. The molecule has 5 atom stereocenters. The SMILES string of the molecule is CCCC[C@H]1O[C@@H]2OC(C)(CF)O[C@@H]2[C@H]1OCc1ccsc1C. The van der Waals surface area contributed by atoms with Crippen LogP contribution in [0.15, 0.2) is 11.4 Å². The summed E-state index contributed by atoms with van der Waals surface area (Å²) in [5.74, 6) is -1.22. The van der Waals surface area contributed by atoms with Crippen molar-refractivity contribution in [3.63, 3.8) is 0 Å². The van der Waals surface area contributed by atoms with Gasteiger partial charge in [-0.1, -0.05) is 19.8 Å². The Morgan fingerprint density at radius 2 is 2.22 bits per heavy atom. The molecule has 0 N–H and O–H groups in total. The van der Waals surface area contributed by atoms with Crippen molar-refractivity contribution in [2.45, 2.75) is 77.0 Å². The first-order valence-corrected chi connectivity index (χ1v) is 9.16. The fourth-order valence-electron chi connectivity index (χ4n) is 3.12. The van der Waals surface area contributed by atoms with Crippen LogP contribution in [0.2, 0.25) is 0 Å². The highest BCUT2D eigenvalue weighted by molar-refractivity contribution is 7.10. The van der Waals surface area contributed by atoms with Gasteiger partial charge in [0.2, 0.25) is 0 Å². The van der Waals surface area contributed by atoms with Gasteiger partial charge in [-0.05, 0) is 37.3 Å². The maximum absolute atomic E-state index is 13.1. The number of alkyl halides is 1. The summed E-state index contributed by atoms with van der Waals surface area (Å²) in [5.41, 5.74) is 1.18. The lowest BCUT2D eigenvalue weighted by Gasteiger charge is -2.26. The van der Waals surface area contributed by atoms with Crippen molar-refractivity contribution in [3.8, 4) is 0 Å². The van der Waals surface area contributed by atoms with Gasteiger partial charge in [-0.25, -0.2) is 4.39 Å². The minimum Gasteiger partial charge on any atom is -0.368 e. The van der Waals surface area contributed by atoms with Crippen LogP contribution in [0.25, 0.3) is 0 Å². The van der Waals surface area contributed by atoms with Crippen molar-refractivity contribution in [1.29, 1.82) is 0 Å². The molecule has 0 radical (unpaired) electrons. The van der Waals surface area contributed by atoms with Crippen molar-refractivity contribution in [1.82, 2.24) is 0 Å². The summed E-state index contributed by atoms with van der Waals surface area (Å²) in [6, 6.07) is 2.08. The highest BCUT2D eigenvalue weighted by atomic mass is 32.1. The number of halogens is 1. The minimum absolute atomic E-state index is 0.0620. The Bertz CT molecular complexity index is 522. The molecule has 1 aromatic rings. The molecule has 6 heteroatoms. The zero-order valence-electron chi connectivity index (χ0n) is 13.9. The average Bonchev–Trinajstić information content (AvgIpc) is 3.17. The first kappa shape index (κ1) is 17.3. The Kier molecular flexibility index (Phi) is 5.38. The van der Waals surface area contributed by atoms with E-state index in [1.807, 2.05) is 0 Å². The molecule has 0 spiro atoms. The van der Waals surface area contributed by atoms with Crippen molar-refractivity contribution < 1.29 is 23.3 Å². The maximum atomic E-state index is 13.1. The maximum Gasteiger partial charge on any atom is 0.197 e. The van der Waals surface area contributed by atoms with Crippen LogP contribution >= 0.6 is 11.3 Å². The molecule has 1 aromatic heterocycles. The van der Waals surface area contributed by atoms with Crippen LogP contribution in [-0.4, -0.2) is 37.1 Å². The van der Waals surface area contributed by atoms with Crippen LogP contribution in [0.5, 0.6) is 0 Å². The smallest absolute Gasteiger partial charge is 0.197 e. The van der Waals surface area contributed by atoms with Gasteiger partial charge in [-0.2, -0.15) is 0 Å². The summed E-state index contributed by atoms with van der Waals surface area (Å²) in [7, 11) is 0. The first-order valence-electron chi connectivity index (χ1n) is 8.28. The summed E-state index contributed by atoms with van der Waals surface area (Å²) in [6.07, 6.45) is 1.86. The number of fused-ring (bicyclic) bond motifs is 1. The molecule has 2 saturated heterocycles. The summed E-state index contributed by atoms with van der Waals surface area (Å²) in [5, 5.41) is 2.06. The highest BCUT2D eigenvalue weighted by Crippen LogP contribution is 2.40. The lowest BCUT2D eigenvalue weighted by atomic mass is 10.0. The van der Waals surface area contributed by atoms with Gasteiger partial charge in [0, 0.05) is 4.88 Å². The van der Waals surface area contributed by atoms with E-state index in [9.17, 15) is 4.39 Å². The third-order valence-corrected chi connectivity index (χ3v) is 5.39. The topological polar surface area (TPSA) is 36.9 Å². The number of rotatable bonds is 7. The molecule has 0 aliphatic carbocycles. The van der Waals surface area contributed by atoms with E-state index in [4.69, 9.17) is 18.9 Å². The molecule has 2 fully saturated rings. The number of hydrogen-bond donors (Lipinski definition) is 0. The Morgan fingerprint density at radius 3 is 2.87 bits per heavy atom. The molecule has 3 heterocycles. The number of thiophene rings is 1.